The average molecular weight is 241 g/mol. The molecule has 0 aromatic carbocycles. The third-order valence-corrected chi connectivity index (χ3v) is 1.80. The van der Waals surface area contributed by atoms with Gasteiger partial charge in [-0.25, -0.2) is 0 Å². The molecular formula is C10H19N5O2. The molecule has 1 rings (SSSR count). The molecule has 0 saturated carbocycles. The molecule has 0 bridgehead atoms. The number of nitrogen functional groups attached to an aromatic ring is 1. The molecular weight excluding hydrogens is 222 g/mol. The summed E-state index contributed by atoms with van der Waals surface area (Å²) in [5.74, 6) is 0.549. The van der Waals surface area contributed by atoms with Gasteiger partial charge in [0.1, 0.15) is 0 Å². The lowest BCUT2D eigenvalue weighted by Crippen LogP contribution is -2.13. The number of aromatic nitrogens is 3. The minimum absolute atomic E-state index is 0.144. The first kappa shape index (κ1) is 13.4. The Morgan fingerprint density at radius 1 is 1.18 bits per heavy atom. The Bertz CT molecular complexity index is 334. The second kappa shape index (κ2) is 7.61. The summed E-state index contributed by atoms with van der Waals surface area (Å²) < 4.78 is 10.5. The number of anilines is 2. The molecule has 0 aliphatic heterocycles. The molecule has 0 atom stereocenters. The van der Waals surface area contributed by atoms with Gasteiger partial charge in [0.05, 0.1) is 13.2 Å². The van der Waals surface area contributed by atoms with Crippen LogP contribution in [0.3, 0.4) is 0 Å². The van der Waals surface area contributed by atoms with E-state index in [2.05, 4.69) is 20.3 Å². The predicted molar refractivity (Wildman–Crippen MR) is 65.0 cm³/mol. The molecule has 7 nitrogen and oxygen atoms in total. The number of hydrogen-bond acceptors (Lipinski definition) is 7. The first-order valence-corrected chi connectivity index (χ1v) is 5.72. The van der Waals surface area contributed by atoms with Gasteiger partial charge in [0, 0.05) is 13.2 Å². The van der Waals surface area contributed by atoms with Gasteiger partial charge in [0.2, 0.25) is 11.9 Å². The van der Waals surface area contributed by atoms with Gasteiger partial charge in [-0.2, -0.15) is 15.0 Å². The average Bonchev–Trinajstić information content (AvgIpc) is 2.31. The highest BCUT2D eigenvalue weighted by Crippen LogP contribution is 2.08. The fourth-order valence-corrected chi connectivity index (χ4v) is 1.09. The molecule has 17 heavy (non-hydrogen) atoms. The van der Waals surface area contributed by atoms with Gasteiger partial charge < -0.3 is 20.5 Å². The van der Waals surface area contributed by atoms with Crippen LogP contribution in [0.15, 0.2) is 0 Å². The van der Waals surface area contributed by atoms with E-state index < -0.39 is 0 Å². The van der Waals surface area contributed by atoms with Crippen molar-refractivity contribution in [2.75, 3.05) is 37.4 Å². The summed E-state index contributed by atoms with van der Waals surface area (Å²) in [5, 5.41) is 2.99. The summed E-state index contributed by atoms with van der Waals surface area (Å²) in [6.07, 6.45) is 0.888. The van der Waals surface area contributed by atoms with E-state index in [1.807, 2.05) is 13.8 Å². The van der Waals surface area contributed by atoms with E-state index in [0.29, 0.717) is 32.3 Å². The fourth-order valence-electron chi connectivity index (χ4n) is 1.09. The molecule has 1 aromatic rings. The van der Waals surface area contributed by atoms with Crippen molar-refractivity contribution in [2.45, 2.75) is 20.3 Å². The zero-order chi connectivity index (χ0) is 12.5. The molecule has 96 valence electrons. The number of nitrogens with one attached hydrogen (secondary N) is 1. The summed E-state index contributed by atoms with van der Waals surface area (Å²) >= 11 is 0. The lowest BCUT2D eigenvalue weighted by molar-refractivity contribution is 0.158. The van der Waals surface area contributed by atoms with Crippen LogP contribution in [0.1, 0.15) is 20.3 Å². The second-order valence-corrected chi connectivity index (χ2v) is 3.27. The van der Waals surface area contributed by atoms with Crippen LogP contribution in [0.2, 0.25) is 0 Å². The number of ether oxygens (including phenoxy) is 2. The summed E-state index contributed by atoms with van der Waals surface area (Å²) in [7, 11) is 0. The van der Waals surface area contributed by atoms with Crippen molar-refractivity contribution in [1.82, 2.24) is 15.0 Å². The van der Waals surface area contributed by atoms with Crippen molar-refractivity contribution in [2.24, 2.45) is 0 Å². The smallest absolute Gasteiger partial charge is 0.323 e. The third-order valence-electron chi connectivity index (χ3n) is 1.80. The number of nitrogens with two attached hydrogens (primary N) is 1. The first-order chi connectivity index (χ1) is 8.26. The fraction of sp³-hybridized carbons (Fsp3) is 0.700. The molecule has 0 amide bonds. The normalized spacial score (nSPS) is 10.2. The van der Waals surface area contributed by atoms with Crippen LogP contribution in [0.25, 0.3) is 0 Å². The molecule has 0 spiro atoms. The summed E-state index contributed by atoms with van der Waals surface area (Å²) in [4.78, 5) is 11.9. The van der Waals surface area contributed by atoms with Crippen LogP contribution in [0.4, 0.5) is 11.9 Å². The Morgan fingerprint density at radius 2 is 2.00 bits per heavy atom. The van der Waals surface area contributed by atoms with Gasteiger partial charge in [-0.05, 0) is 13.3 Å². The van der Waals surface area contributed by atoms with Gasteiger partial charge in [-0.1, -0.05) is 6.92 Å². The van der Waals surface area contributed by atoms with Crippen LogP contribution in [0.5, 0.6) is 6.01 Å². The molecule has 1 aromatic heterocycles. The predicted octanol–water partition coefficient (Wildman–Crippen LogP) is 0.691. The van der Waals surface area contributed by atoms with Gasteiger partial charge in [0.15, 0.2) is 0 Å². The molecule has 7 heteroatoms. The first-order valence-electron chi connectivity index (χ1n) is 5.72. The van der Waals surface area contributed by atoms with Crippen molar-refractivity contribution in [1.29, 1.82) is 0 Å². The van der Waals surface area contributed by atoms with Crippen molar-refractivity contribution in [3.63, 3.8) is 0 Å². The highest BCUT2D eigenvalue weighted by atomic mass is 16.5. The molecule has 0 radical (unpaired) electrons. The van der Waals surface area contributed by atoms with Crippen molar-refractivity contribution < 1.29 is 9.47 Å². The Labute approximate surface area is 101 Å². The monoisotopic (exact) mass is 241 g/mol. The van der Waals surface area contributed by atoms with Crippen LogP contribution in [0, 0.1) is 0 Å². The van der Waals surface area contributed by atoms with E-state index in [-0.39, 0.29) is 12.0 Å². The van der Waals surface area contributed by atoms with E-state index in [1.54, 1.807) is 0 Å². The minimum Gasteiger partial charge on any atom is -0.463 e. The van der Waals surface area contributed by atoms with Gasteiger partial charge in [-0.15, -0.1) is 0 Å². The Morgan fingerprint density at radius 3 is 2.71 bits per heavy atom. The zero-order valence-electron chi connectivity index (χ0n) is 10.3. The summed E-state index contributed by atoms with van der Waals surface area (Å²) in [6.45, 7) is 6.40. The van der Waals surface area contributed by atoms with Crippen molar-refractivity contribution in [3.05, 3.63) is 0 Å². The topological polar surface area (TPSA) is 95.2 Å². The maximum Gasteiger partial charge on any atom is 0.323 e. The number of rotatable bonds is 8. The summed E-state index contributed by atoms with van der Waals surface area (Å²) in [5.41, 5.74) is 5.55. The summed E-state index contributed by atoms with van der Waals surface area (Å²) in [6, 6.07) is 0.248. The van der Waals surface area contributed by atoms with E-state index in [4.69, 9.17) is 15.2 Å². The third kappa shape index (κ3) is 5.30. The van der Waals surface area contributed by atoms with Crippen molar-refractivity contribution >= 4 is 11.9 Å². The Kier molecular flexibility index (Phi) is 6.02. The van der Waals surface area contributed by atoms with E-state index in [9.17, 15) is 0 Å². The molecule has 0 unspecified atom stereocenters. The largest absolute Gasteiger partial charge is 0.463 e. The van der Waals surface area contributed by atoms with Crippen LogP contribution >= 0.6 is 0 Å². The second-order valence-electron chi connectivity index (χ2n) is 3.27. The van der Waals surface area contributed by atoms with Crippen LogP contribution < -0.4 is 15.8 Å². The SMILES string of the molecule is CCCOc1nc(N)nc(NCCOCC)n1. The molecule has 0 aliphatic rings. The maximum absolute atomic E-state index is 5.55. The zero-order valence-corrected chi connectivity index (χ0v) is 10.3. The number of nitrogens with zero attached hydrogens (tertiary/aromatic N) is 3. The Balaban J connectivity index is 2.50. The van der Waals surface area contributed by atoms with Gasteiger partial charge in [-0.3, -0.25) is 0 Å². The van der Waals surface area contributed by atoms with Gasteiger partial charge in [0.25, 0.3) is 0 Å². The van der Waals surface area contributed by atoms with Crippen molar-refractivity contribution in [3.8, 4) is 6.01 Å². The molecule has 0 saturated heterocycles. The standard InChI is InChI=1S/C10H19N5O2/c1-3-6-17-10-14-8(11)13-9(15-10)12-5-7-16-4-2/h3-7H2,1-2H3,(H3,11,12,13,14,15). The van der Waals surface area contributed by atoms with E-state index in [0.717, 1.165) is 6.42 Å². The van der Waals surface area contributed by atoms with E-state index >= 15 is 0 Å². The minimum atomic E-state index is 0.144. The molecule has 3 N–H and O–H groups in total. The highest BCUT2D eigenvalue weighted by molar-refractivity contribution is 5.32. The quantitative estimate of drug-likeness (QED) is 0.646. The lowest BCUT2D eigenvalue weighted by atomic mass is 10.5. The lowest BCUT2D eigenvalue weighted by Gasteiger charge is -2.07. The molecule has 1 heterocycles. The van der Waals surface area contributed by atoms with Gasteiger partial charge >= 0.3 is 6.01 Å². The van der Waals surface area contributed by atoms with Crippen LogP contribution in [-0.4, -0.2) is 41.3 Å². The van der Waals surface area contributed by atoms with E-state index in [1.165, 1.54) is 0 Å². The Hall–Kier alpha value is -1.63. The maximum atomic E-state index is 5.55. The van der Waals surface area contributed by atoms with Crippen LogP contribution in [-0.2, 0) is 4.74 Å². The molecule has 0 fully saturated rings. The molecule has 0 aliphatic carbocycles. The highest BCUT2D eigenvalue weighted by Gasteiger charge is 2.04. The number of hydrogen-bond donors (Lipinski definition) is 2.